The van der Waals surface area contributed by atoms with Crippen molar-refractivity contribution in [1.29, 1.82) is 0 Å². The number of hydrogen-bond donors (Lipinski definition) is 1. The molecule has 0 unspecified atom stereocenters. The van der Waals surface area contributed by atoms with Gasteiger partial charge in [0.2, 0.25) is 5.75 Å². The average Bonchev–Trinajstić information content (AvgIpc) is 2.71. The van der Waals surface area contributed by atoms with Crippen LogP contribution < -0.4 is 23.7 Å². The molecule has 0 heterocycles. The molecule has 0 aliphatic carbocycles. The Kier molecular flexibility index (Phi) is 7.82. The first-order valence-electron chi connectivity index (χ1n) is 8.56. The van der Waals surface area contributed by atoms with E-state index in [4.69, 9.17) is 28.8 Å². The molecule has 6 heteroatoms. The van der Waals surface area contributed by atoms with Crippen molar-refractivity contribution in [2.75, 3.05) is 41.7 Å². The Balaban J connectivity index is 2.28. The number of aliphatic hydroxyl groups excluding tert-OH is 1. The van der Waals surface area contributed by atoms with E-state index in [2.05, 4.69) is 0 Å². The third kappa shape index (κ3) is 5.31. The molecule has 0 atom stereocenters. The van der Waals surface area contributed by atoms with E-state index in [1.807, 2.05) is 42.5 Å². The number of hydrogen-bond acceptors (Lipinski definition) is 6. The Morgan fingerprint density at radius 1 is 0.741 bits per heavy atom. The third-order valence-electron chi connectivity index (χ3n) is 3.90. The highest BCUT2D eigenvalue weighted by molar-refractivity contribution is 5.73. The first-order chi connectivity index (χ1) is 13.2. The van der Waals surface area contributed by atoms with Crippen LogP contribution in [-0.4, -0.2) is 46.8 Å². The molecule has 2 aromatic rings. The summed E-state index contributed by atoms with van der Waals surface area (Å²) < 4.78 is 27.1. The van der Waals surface area contributed by atoms with Crippen LogP contribution in [-0.2, 0) is 0 Å². The van der Waals surface area contributed by atoms with Crippen molar-refractivity contribution in [2.45, 2.75) is 6.42 Å². The van der Waals surface area contributed by atoms with Crippen molar-refractivity contribution in [3.8, 4) is 28.7 Å². The molecule has 0 spiro atoms. The third-order valence-corrected chi connectivity index (χ3v) is 3.90. The molecule has 0 bridgehead atoms. The zero-order valence-electron chi connectivity index (χ0n) is 16.2. The summed E-state index contributed by atoms with van der Waals surface area (Å²) in [6, 6.07) is 9.43. The van der Waals surface area contributed by atoms with Crippen LogP contribution >= 0.6 is 0 Å². The van der Waals surface area contributed by atoms with Crippen LogP contribution in [0.15, 0.2) is 30.3 Å². The minimum atomic E-state index is 0.0864. The number of aliphatic hydroxyl groups is 1. The summed E-state index contributed by atoms with van der Waals surface area (Å²) in [4.78, 5) is 0. The molecular weight excluding hydrogens is 348 g/mol. The SMILES string of the molecule is COc1ccc(/C=C/c2cc(OC)c(OC)c(OC)c2)cc1OCCCO. The molecule has 1 N–H and O–H groups in total. The zero-order valence-corrected chi connectivity index (χ0v) is 16.2. The van der Waals surface area contributed by atoms with Gasteiger partial charge in [-0.1, -0.05) is 18.2 Å². The van der Waals surface area contributed by atoms with Crippen LogP contribution in [0.5, 0.6) is 28.7 Å². The van der Waals surface area contributed by atoms with Crippen molar-refractivity contribution in [2.24, 2.45) is 0 Å². The standard InChI is InChI=1S/C21H26O6/c1-23-17-9-8-15(12-18(17)27-11-5-10-22)6-7-16-13-19(24-2)21(26-4)20(14-16)25-3/h6-9,12-14,22H,5,10-11H2,1-4H3/b7-6+. The second kappa shape index (κ2) is 10.3. The summed E-state index contributed by atoms with van der Waals surface area (Å²) in [6.07, 6.45) is 4.47. The first-order valence-corrected chi connectivity index (χ1v) is 8.56. The molecule has 0 radical (unpaired) electrons. The van der Waals surface area contributed by atoms with Crippen LogP contribution in [0.4, 0.5) is 0 Å². The van der Waals surface area contributed by atoms with Gasteiger partial charge in [0.05, 0.1) is 35.0 Å². The number of methoxy groups -OCH3 is 4. The quantitative estimate of drug-likeness (QED) is 0.506. The molecule has 6 nitrogen and oxygen atoms in total. The highest BCUT2D eigenvalue weighted by atomic mass is 16.5. The Morgan fingerprint density at radius 2 is 1.33 bits per heavy atom. The first kappa shape index (κ1) is 20.5. The zero-order chi connectivity index (χ0) is 19.6. The molecule has 146 valence electrons. The predicted octanol–water partition coefficient (Wildman–Crippen LogP) is 3.65. The molecule has 0 amide bonds. The minimum absolute atomic E-state index is 0.0864. The van der Waals surface area contributed by atoms with Gasteiger partial charge in [-0.05, 0) is 35.4 Å². The lowest BCUT2D eigenvalue weighted by Gasteiger charge is -2.13. The van der Waals surface area contributed by atoms with Crippen molar-refractivity contribution in [3.63, 3.8) is 0 Å². The molecule has 0 aliphatic rings. The molecular formula is C21H26O6. The van der Waals surface area contributed by atoms with Crippen LogP contribution in [0.1, 0.15) is 17.5 Å². The van der Waals surface area contributed by atoms with E-state index in [0.29, 0.717) is 41.8 Å². The van der Waals surface area contributed by atoms with Crippen molar-refractivity contribution < 1.29 is 28.8 Å². The number of ether oxygens (including phenoxy) is 5. The van der Waals surface area contributed by atoms with E-state index < -0.39 is 0 Å². The van der Waals surface area contributed by atoms with Crippen molar-refractivity contribution in [1.82, 2.24) is 0 Å². The summed E-state index contributed by atoms with van der Waals surface area (Å²) in [5.74, 6) is 3.04. The van der Waals surface area contributed by atoms with Gasteiger partial charge in [0, 0.05) is 13.0 Å². The summed E-state index contributed by atoms with van der Waals surface area (Å²) in [6.45, 7) is 0.510. The Bertz CT molecular complexity index is 744. The van der Waals surface area contributed by atoms with Gasteiger partial charge in [-0.2, -0.15) is 0 Å². The van der Waals surface area contributed by atoms with Gasteiger partial charge in [0.15, 0.2) is 23.0 Å². The van der Waals surface area contributed by atoms with Gasteiger partial charge in [-0.25, -0.2) is 0 Å². The Hall–Kier alpha value is -2.86. The fraction of sp³-hybridized carbons (Fsp3) is 0.333. The van der Waals surface area contributed by atoms with Gasteiger partial charge in [-0.3, -0.25) is 0 Å². The second-order valence-corrected chi connectivity index (χ2v) is 5.63. The second-order valence-electron chi connectivity index (χ2n) is 5.63. The molecule has 0 fully saturated rings. The summed E-state index contributed by atoms with van der Waals surface area (Å²) in [5, 5.41) is 8.91. The lowest BCUT2D eigenvalue weighted by molar-refractivity contribution is 0.228. The van der Waals surface area contributed by atoms with E-state index in [1.165, 1.54) is 0 Å². The van der Waals surface area contributed by atoms with Crippen LogP contribution in [0.25, 0.3) is 12.2 Å². The van der Waals surface area contributed by atoms with Gasteiger partial charge in [0.25, 0.3) is 0 Å². The molecule has 2 aromatic carbocycles. The highest BCUT2D eigenvalue weighted by Gasteiger charge is 2.12. The van der Waals surface area contributed by atoms with Gasteiger partial charge in [-0.15, -0.1) is 0 Å². The summed E-state index contributed by atoms with van der Waals surface area (Å²) >= 11 is 0. The molecule has 0 aromatic heterocycles. The van der Waals surface area contributed by atoms with E-state index in [0.717, 1.165) is 11.1 Å². The topological polar surface area (TPSA) is 66.4 Å². The van der Waals surface area contributed by atoms with E-state index in [-0.39, 0.29) is 6.61 Å². The number of benzene rings is 2. The maximum atomic E-state index is 8.91. The number of rotatable bonds is 10. The smallest absolute Gasteiger partial charge is 0.203 e. The average molecular weight is 374 g/mol. The van der Waals surface area contributed by atoms with Crippen molar-refractivity contribution in [3.05, 3.63) is 41.5 Å². The highest BCUT2D eigenvalue weighted by Crippen LogP contribution is 2.38. The van der Waals surface area contributed by atoms with Gasteiger partial charge >= 0.3 is 0 Å². The molecule has 2 rings (SSSR count). The normalized spacial score (nSPS) is 10.7. The van der Waals surface area contributed by atoms with Gasteiger partial charge in [0.1, 0.15) is 0 Å². The van der Waals surface area contributed by atoms with Crippen LogP contribution in [0, 0.1) is 0 Å². The van der Waals surface area contributed by atoms with E-state index in [9.17, 15) is 0 Å². The van der Waals surface area contributed by atoms with Gasteiger partial charge < -0.3 is 28.8 Å². The van der Waals surface area contributed by atoms with E-state index >= 15 is 0 Å². The minimum Gasteiger partial charge on any atom is -0.493 e. The van der Waals surface area contributed by atoms with Crippen LogP contribution in [0.3, 0.4) is 0 Å². The predicted molar refractivity (Wildman–Crippen MR) is 105 cm³/mol. The largest absolute Gasteiger partial charge is 0.493 e. The fourth-order valence-corrected chi connectivity index (χ4v) is 2.55. The van der Waals surface area contributed by atoms with E-state index in [1.54, 1.807) is 28.4 Å². The molecule has 0 saturated heterocycles. The molecule has 0 saturated carbocycles. The molecule has 27 heavy (non-hydrogen) atoms. The fourth-order valence-electron chi connectivity index (χ4n) is 2.55. The Labute approximate surface area is 159 Å². The van der Waals surface area contributed by atoms with Crippen molar-refractivity contribution >= 4 is 12.2 Å². The maximum absolute atomic E-state index is 8.91. The Morgan fingerprint density at radius 3 is 1.89 bits per heavy atom. The maximum Gasteiger partial charge on any atom is 0.203 e. The molecule has 0 aliphatic heterocycles. The summed E-state index contributed by atoms with van der Waals surface area (Å²) in [7, 11) is 6.35. The van der Waals surface area contributed by atoms with Crippen LogP contribution in [0.2, 0.25) is 0 Å². The monoisotopic (exact) mass is 374 g/mol. The summed E-state index contributed by atoms with van der Waals surface area (Å²) in [5.41, 5.74) is 1.85. The lowest BCUT2D eigenvalue weighted by atomic mass is 10.1. The lowest BCUT2D eigenvalue weighted by Crippen LogP contribution is -2.01.